The van der Waals surface area contributed by atoms with Crippen molar-refractivity contribution >= 4 is 11.7 Å². The van der Waals surface area contributed by atoms with Crippen LogP contribution in [-0.4, -0.2) is 28.9 Å². The molecule has 4 heteroatoms. The van der Waals surface area contributed by atoms with E-state index in [0.717, 1.165) is 19.3 Å². The zero-order chi connectivity index (χ0) is 14.5. The molecular formula is C15H27NO3. The number of nitrogens with one attached hydrogen (secondary N) is 1. The van der Waals surface area contributed by atoms with Crippen LogP contribution in [0.4, 0.5) is 0 Å². The minimum atomic E-state index is -1.09. The molecule has 0 heterocycles. The van der Waals surface area contributed by atoms with Crippen molar-refractivity contribution in [1.29, 1.82) is 0 Å². The summed E-state index contributed by atoms with van der Waals surface area (Å²) in [5.41, 5.74) is -1.49. The SMILES string of the molecule is CC(C)(C)C(=O)NCCCC(=O)C1(O)CCCCC1. The standard InChI is InChI=1S/C15H27NO3/c1-14(2,3)13(18)16-11-7-8-12(17)15(19)9-5-4-6-10-15/h19H,4-11H2,1-3H3,(H,16,18). The summed E-state index contributed by atoms with van der Waals surface area (Å²) in [6.07, 6.45) is 5.12. The predicted octanol–water partition coefficient (Wildman–Crippen LogP) is 2.19. The average Bonchev–Trinajstić information content (AvgIpc) is 2.33. The Morgan fingerprint density at radius 2 is 1.74 bits per heavy atom. The summed E-state index contributed by atoms with van der Waals surface area (Å²) in [5, 5.41) is 13.1. The van der Waals surface area contributed by atoms with E-state index in [0.29, 0.717) is 32.2 Å². The Morgan fingerprint density at radius 1 is 1.16 bits per heavy atom. The van der Waals surface area contributed by atoms with E-state index in [9.17, 15) is 14.7 Å². The first-order chi connectivity index (χ1) is 8.76. The molecule has 2 N–H and O–H groups in total. The topological polar surface area (TPSA) is 66.4 Å². The molecule has 0 bridgehead atoms. The molecule has 1 saturated carbocycles. The quantitative estimate of drug-likeness (QED) is 0.752. The number of ketones is 1. The van der Waals surface area contributed by atoms with Gasteiger partial charge in [0.15, 0.2) is 5.78 Å². The van der Waals surface area contributed by atoms with Crippen LogP contribution in [-0.2, 0) is 9.59 Å². The summed E-state index contributed by atoms with van der Waals surface area (Å²) in [6, 6.07) is 0. The maximum Gasteiger partial charge on any atom is 0.225 e. The lowest BCUT2D eigenvalue weighted by Gasteiger charge is -2.30. The predicted molar refractivity (Wildman–Crippen MR) is 74.7 cm³/mol. The van der Waals surface area contributed by atoms with Crippen LogP contribution in [0.15, 0.2) is 0 Å². The van der Waals surface area contributed by atoms with Crippen molar-refractivity contribution in [3.05, 3.63) is 0 Å². The van der Waals surface area contributed by atoms with Gasteiger partial charge >= 0.3 is 0 Å². The van der Waals surface area contributed by atoms with Crippen LogP contribution in [0.3, 0.4) is 0 Å². The zero-order valence-electron chi connectivity index (χ0n) is 12.4. The van der Waals surface area contributed by atoms with E-state index in [-0.39, 0.29) is 11.7 Å². The summed E-state index contributed by atoms with van der Waals surface area (Å²) in [4.78, 5) is 23.6. The van der Waals surface area contributed by atoms with Crippen LogP contribution in [0.25, 0.3) is 0 Å². The van der Waals surface area contributed by atoms with Crippen LogP contribution in [0.1, 0.15) is 65.7 Å². The molecule has 0 saturated heterocycles. The molecule has 0 radical (unpaired) electrons. The first kappa shape index (κ1) is 16.2. The fourth-order valence-electron chi connectivity index (χ4n) is 2.36. The molecule has 19 heavy (non-hydrogen) atoms. The van der Waals surface area contributed by atoms with Crippen molar-refractivity contribution in [1.82, 2.24) is 5.32 Å². The number of amides is 1. The summed E-state index contributed by atoms with van der Waals surface area (Å²) in [6.45, 7) is 6.08. The van der Waals surface area contributed by atoms with Gasteiger partial charge in [-0.1, -0.05) is 40.0 Å². The molecule has 0 spiro atoms. The highest BCUT2D eigenvalue weighted by molar-refractivity contribution is 5.87. The lowest BCUT2D eigenvalue weighted by Crippen LogP contribution is -2.41. The maximum absolute atomic E-state index is 12.0. The Bertz CT molecular complexity index is 325. The number of hydrogen-bond acceptors (Lipinski definition) is 3. The van der Waals surface area contributed by atoms with Gasteiger partial charge in [0.1, 0.15) is 5.60 Å². The van der Waals surface area contributed by atoms with Crippen LogP contribution in [0.5, 0.6) is 0 Å². The monoisotopic (exact) mass is 269 g/mol. The zero-order valence-corrected chi connectivity index (χ0v) is 12.4. The van der Waals surface area contributed by atoms with Gasteiger partial charge in [-0.3, -0.25) is 9.59 Å². The molecule has 0 aromatic carbocycles. The van der Waals surface area contributed by atoms with Crippen LogP contribution in [0, 0.1) is 5.41 Å². The van der Waals surface area contributed by atoms with Gasteiger partial charge in [-0.25, -0.2) is 0 Å². The smallest absolute Gasteiger partial charge is 0.225 e. The highest BCUT2D eigenvalue weighted by atomic mass is 16.3. The van der Waals surface area contributed by atoms with Gasteiger partial charge in [0, 0.05) is 18.4 Å². The summed E-state index contributed by atoms with van der Waals surface area (Å²) < 4.78 is 0. The van der Waals surface area contributed by atoms with Crippen molar-refractivity contribution < 1.29 is 14.7 Å². The molecule has 0 unspecified atom stereocenters. The third-order valence-electron chi connectivity index (χ3n) is 3.75. The Kier molecular flexibility index (Phi) is 5.53. The molecular weight excluding hydrogens is 242 g/mol. The van der Waals surface area contributed by atoms with E-state index in [2.05, 4.69) is 5.32 Å². The van der Waals surface area contributed by atoms with Crippen molar-refractivity contribution in [2.24, 2.45) is 5.41 Å². The van der Waals surface area contributed by atoms with Gasteiger partial charge < -0.3 is 10.4 Å². The molecule has 1 fully saturated rings. The normalized spacial score (nSPS) is 18.9. The molecule has 1 rings (SSSR count). The highest BCUT2D eigenvalue weighted by Crippen LogP contribution is 2.29. The van der Waals surface area contributed by atoms with E-state index in [1.54, 1.807) is 0 Å². The lowest BCUT2D eigenvalue weighted by molar-refractivity contribution is -0.140. The van der Waals surface area contributed by atoms with E-state index in [1.807, 2.05) is 20.8 Å². The second-order valence-electron chi connectivity index (χ2n) is 6.62. The Balaban J connectivity index is 2.26. The molecule has 1 aliphatic carbocycles. The van der Waals surface area contributed by atoms with Gasteiger partial charge in [-0.2, -0.15) is 0 Å². The van der Waals surface area contributed by atoms with Crippen molar-refractivity contribution in [2.45, 2.75) is 71.3 Å². The fraction of sp³-hybridized carbons (Fsp3) is 0.867. The Labute approximate surface area is 116 Å². The summed E-state index contributed by atoms with van der Waals surface area (Å²) in [7, 11) is 0. The second-order valence-corrected chi connectivity index (χ2v) is 6.62. The van der Waals surface area contributed by atoms with Crippen molar-refractivity contribution in [2.75, 3.05) is 6.54 Å². The average molecular weight is 269 g/mol. The van der Waals surface area contributed by atoms with Crippen molar-refractivity contribution in [3.8, 4) is 0 Å². The minimum Gasteiger partial charge on any atom is -0.382 e. The number of Topliss-reactive ketones (excluding diaryl/α,β-unsaturated/α-hetero) is 1. The summed E-state index contributed by atoms with van der Waals surface area (Å²) in [5.74, 6) is -0.0615. The number of carbonyl (C=O) groups is 2. The minimum absolute atomic E-state index is 0.00340. The molecule has 4 nitrogen and oxygen atoms in total. The fourth-order valence-corrected chi connectivity index (χ4v) is 2.36. The van der Waals surface area contributed by atoms with Gasteiger partial charge in [-0.15, -0.1) is 0 Å². The molecule has 0 aromatic rings. The van der Waals surface area contributed by atoms with Gasteiger partial charge in [-0.05, 0) is 19.3 Å². The van der Waals surface area contributed by atoms with Gasteiger partial charge in [0.05, 0.1) is 0 Å². The van der Waals surface area contributed by atoms with E-state index in [1.165, 1.54) is 0 Å². The second kappa shape index (κ2) is 6.51. The third kappa shape index (κ3) is 4.94. The largest absolute Gasteiger partial charge is 0.382 e. The van der Waals surface area contributed by atoms with E-state index >= 15 is 0 Å². The van der Waals surface area contributed by atoms with Crippen LogP contribution in [0.2, 0.25) is 0 Å². The number of aliphatic hydroxyl groups is 1. The van der Waals surface area contributed by atoms with Gasteiger partial charge in [0.2, 0.25) is 5.91 Å². The molecule has 0 aliphatic heterocycles. The first-order valence-corrected chi connectivity index (χ1v) is 7.30. The number of hydrogen-bond donors (Lipinski definition) is 2. The van der Waals surface area contributed by atoms with Crippen molar-refractivity contribution in [3.63, 3.8) is 0 Å². The number of carbonyl (C=O) groups excluding carboxylic acids is 2. The Morgan fingerprint density at radius 3 is 2.26 bits per heavy atom. The molecule has 110 valence electrons. The van der Waals surface area contributed by atoms with Gasteiger partial charge in [0.25, 0.3) is 0 Å². The number of rotatable bonds is 5. The van der Waals surface area contributed by atoms with Crippen LogP contribution >= 0.6 is 0 Å². The highest BCUT2D eigenvalue weighted by Gasteiger charge is 2.35. The van der Waals surface area contributed by atoms with E-state index < -0.39 is 11.0 Å². The Hall–Kier alpha value is -0.900. The first-order valence-electron chi connectivity index (χ1n) is 7.30. The molecule has 1 aliphatic rings. The van der Waals surface area contributed by atoms with Crippen LogP contribution < -0.4 is 5.32 Å². The summed E-state index contributed by atoms with van der Waals surface area (Å²) >= 11 is 0. The molecule has 0 atom stereocenters. The molecule has 1 amide bonds. The third-order valence-corrected chi connectivity index (χ3v) is 3.75. The lowest BCUT2D eigenvalue weighted by atomic mass is 9.80. The maximum atomic E-state index is 12.0. The molecule has 0 aromatic heterocycles. The van der Waals surface area contributed by atoms with E-state index in [4.69, 9.17) is 0 Å².